The van der Waals surface area contributed by atoms with Crippen LogP contribution in [-0.2, 0) is 0 Å². The molecule has 0 saturated heterocycles. The number of ether oxygens (including phenoxy) is 1. The van der Waals surface area contributed by atoms with E-state index in [4.69, 9.17) is 4.74 Å². The minimum atomic E-state index is -0.298. The zero-order valence-corrected chi connectivity index (χ0v) is 16.5. The van der Waals surface area contributed by atoms with Gasteiger partial charge in [-0.25, -0.2) is 19.7 Å². The number of pyridine rings is 2. The summed E-state index contributed by atoms with van der Waals surface area (Å²) in [7, 11) is 1.58. The number of rotatable bonds is 5. The molecule has 0 aromatic carbocycles. The molecule has 0 saturated carbocycles. The molecule has 0 aliphatic carbocycles. The fourth-order valence-electron chi connectivity index (χ4n) is 2.18. The Bertz CT molecular complexity index is 931. The van der Waals surface area contributed by atoms with Gasteiger partial charge in [0.15, 0.2) is 0 Å². The van der Waals surface area contributed by atoms with E-state index in [1.54, 1.807) is 25.4 Å². The quantitative estimate of drug-likeness (QED) is 0.629. The number of aromatic nitrogens is 3. The average molecular weight is 434 g/mol. The van der Waals surface area contributed by atoms with Crippen LogP contribution in [-0.4, -0.2) is 34.6 Å². The lowest BCUT2D eigenvalue weighted by Gasteiger charge is -2.07. The summed E-state index contributed by atoms with van der Waals surface area (Å²) in [6.07, 6.45) is 1.64. The van der Waals surface area contributed by atoms with E-state index in [2.05, 4.69) is 41.5 Å². The summed E-state index contributed by atoms with van der Waals surface area (Å²) in [6, 6.07) is 7.02. The molecule has 0 unspecified atom stereocenters. The normalized spacial score (nSPS) is 10.4. The molecule has 3 rings (SSSR count). The maximum Gasteiger partial charge on any atom is 0.320 e. The molecule has 2 N–H and O–H groups in total. The van der Waals surface area contributed by atoms with Crippen molar-refractivity contribution in [2.75, 3.05) is 19.0 Å². The minimum Gasteiger partial charge on any atom is -0.481 e. The van der Waals surface area contributed by atoms with Crippen LogP contribution in [0.25, 0.3) is 22.0 Å². The van der Waals surface area contributed by atoms with Crippen molar-refractivity contribution in [3.63, 3.8) is 0 Å². The summed E-state index contributed by atoms with van der Waals surface area (Å²) < 4.78 is 5.95. The van der Waals surface area contributed by atoms with Gasteiger partial charge in [0.1, 0.15) is 16.5 Å². The van der Waals surface area contributed by atoms with Crippen LogP contribution in [0, 0.1) is 0 Å². The molecule has 0 aliphatic rings. The Kier molecular flexibility index (Phi) is 5.79. The van der Waals surface area contributed by atoms with Gasteiger partial charge < -0.3 is 10.1 Å². The number of halogens is 1. The third-order valence-corrected chi connectivity index (χ3v) is 4.87. The summed E-state index contributed by atoms with van der Waals surface area (Å²) in [6.45, 7) is 2.39. The zero-order valence-electron chi connectivity index (χ0n) is 14.1. The van der Waals surface area contributed by atoms with Gasteiger partial charge in [-0.05, 0) is 35.0 Å². The SMILES string of the molecule is CCNC(=O)Nc1cc(-c2nc(-c3cccc(OC)n3)cs2)c(Br)cn1. The second-order valence-electron chi connectivity index (χ2n) is 5.14. The number of hydrogen-bond acceptors (Lipinski definition) is 6. The van der Waals surface area contributed by atoms with E-state index in [9.17, 15) is 4.79 Å². The molecule has 0 spiro atoms. The van der Waals surface area contributed by atoms with Gasteiger partial charge in [-0.1, -0.05) is 6.07 Å². The van der Waals surface area contributed by atoms with Crippen LogP contribution in [0.2, 0.25) is 0 Å². The van der Waals surface area contributed by atoms with Crippen LogP contribution in [0.1, 0.15) is 6.92 Å². The van der Waals surface area contributed by atoms with Crippen molar-refractivity contribution in [2.45, 2.75) is 6.92 Å². The van der Waals surface area contributed by atoms with Gasteiger partial charge in [0.2, 0.25) is 5.88 Å². The molecule has 3 aromatic heterocycles. The summed E-state index contributed by atoms with van der Waals surface area (Å²) in [5.74, 6) is 0.987. The molecule has 9 heteroatoms. The number of anilines is 1. The number of amides is 2. The van der Waals surface area contributed by atoms with E-state index in [0.29, 0.717) is 18.2 Å². The monoisotopic (exact) mass is 433 g/mol. The zero-order chi connectivity index (χ0) is 18.5. The topological polar surface area (TPSA) is 89.0 Å². The highest BCUT2D eigenvalue weighted by molar-refractivity contribution is 9.10. The number of nitrogens with one attached hydrogen (secondary N) is 2. The van der Waals surface area contributed by atoms with Crippen LogP contribution >= 0.6 is 27.3 Å². The first kappa shape index (κ1) is 18.3. The fraction of sp³-hybridized carbons (Fsp3) is 0.176. The number of methoxy groups -OCH3 is 1. The Morgan fingerprint density at radius 2 is 2.15 bits per heavy atom. The highest BCUT2D eigenvalue weighted by Crippen LogP contribution is 2.34. The van der Waals surface area contributed by atoms with Crippen molar-refractivity contribution >= 4 is 39.1 Å². The molecule has 3 aromatic rings. The van der Waals surface area contributed by atoms with Crippen molar-refractivity contribution in [1.82, 2.24) is 20.3 Å². The lowest BCUT2D eigenvalue weighted by atomic mass is 10.2. The van der Waals surface area contributed by atoms with E-state index in [0.717, 1.165) is 26.4 Å². The summed E-state index contributed by atoms with van der Waals surface area (Å²) >= 11 is 4.98. The first-order valence-corrected chi connectivity index (χ1v) is 9.45. The molecule has 2 amide bonds. The Morgan fingerprint density at radius 1 is 1.31 bits per heavy atom. The Hall–Kier alpha value is -2.52. The third-order valence-electron chi connectivity index (χ3n) is 3.36. The highest BCUT2D eigenvalue weighted by atomic mass is 79.9. The van der Waals surface area contributed by atoms with Crippen molar-refractivity contribution in [1.29, 1.82) is 0 Å². The van der Waals surface area contributed by atoms with Gasteiger partial charge in [-0.15, -0.1) is 11.3 Å². The van der Waals surface area contributed by atoms with Gasteiger partial charge in [0.05, 0.1) is 12.8 Å². The first-order valence-electron chi connectivity index (χ1n) is 7.78. The molecular formula is C17H16BrN5O2S. The van der Waals surface area contributed by atoms with E-state index >= 15 is 0 Å². The predicted octanol–water partition coefficient (Wildman–Crippen LogP) is 4.18. The minimum absolute atomic E-state index is 0.298. The van der Waals surface area contributed by atoms with E-state index in [1.807, 2.05) is 24.4 Å². The Labute approximate surface area is 163 Å². The predicted molar refractivity (Wildman–Crippen MR) is 106 cm³/mol. The molecule has 26 heavy (non-hydrogen) atoms. The smallest absolute Gasteiger partial charge is 0.320 e. The number of carbonyl (C=O) groups is 1. The standard InChI is InChI=1S/C17H16BrN5O2S/c1-3-19-17(24)23-14-7-10(11(18)8-20-14)16-22-13(9-26-16)12-5-4-6-15(21-12)25-2/h4-9H,3H2,1-2H3,(H2,19,20,23,24). The maximum absolute atomic E-state index is 11.7. The van der Waals surface area contributed by atoms with Crippen molar-refractivity contribution in [3.8, 4) is 27.8 Å². The highest BCUT2D eigenvalue weighted by Gasteiger charge is 2.13. The number of hydrogen-bond donors (Lipinski definition) is 2. The van der Waals surface area contributed by atoms with Crippen molar-refractivity contribution < 1.29 is 9.53 Å². The molecule has 0 atom stereocenters. The number of carbonyl (C=O) groups excluding carboxylic acids is 1. The lowest BCUT2D eigenvalue weighted by Crippen LogP contribution is -2.28. The Balaban J connectivity index is 1.89. The van der Waals surface area contributed by atoms with Crippen molar-refractivity contribution in [2.24, 2.45) is 0 Å². The van der Waals surface area contributed by atoms with Gasteiger partial charge in [-0.3, -0.25) is 5.32 Å². The maximum atomic E-state index is 11.7. The van der Waals surface area contributed by atoms with Crippen LogP contribution in [0.4, 0.5) is 10.6 Å². The van der Waals surface area contributed by atoms with Crippen molar-refractivity contribution in [3.05, 3.63) is 40.3 Å². The van der Waals surface area contributed by atoms with Gasteiger partial charge in [-0.2, -0.15) is 0 Å². The molecule has 134 valence electrons. The molecule has 7 nitrogen and oxygen atoms in total. The molecule has 0 bridgehead atoms. The molecule has 0 radical (unpaired) electrons. The average Bonchev–Trinajstić information content (AvgIpc) is 3.13. The lowest BCUT2D eigenvalue weighted by molar-refractivity contribution is 0.252. The first-order chi connectivity index (χ1) is 12.6. The van der Waals surface area contributed by atoms with E-state index in [-0.39, 0.29) is 6.03 Å². The fourth-order valence-corrected chi connectivity index (χ4v) is 3.56. The number of nitrogens with zero attached hydrogens (tertiary/aromatic N) is 3. The van der Waals surface area contributed by atoms with Crippen LogP contribution < -0.4 is 15.4 Å². The van der Waals surface area contributed by atoms with Gasteiger partial charge in [0, 0.05) is 34.2 Å². The molecule has 0 aliphatic heterocycles. The molecular weight excluding hydrogens is 418 g/mol. The molecule has 3 heterocycles. The third kappa shape index (κ3) is 4.17. The number of urea groups is 1. The molecule has 0 fully saturated rings. The van der Waals surface area contributed by atoms with E-state index < -0.39 is 0 Å². The number of thiazole rings is 1. The van der Waals surface area contributed by atoms with Crippen LogP contribution in [0.5, 0.6) is 5.88 Å². The van der Waals surface area contributed by atoms with Crippen LogP contribution in [0.15, 0.2) is 40.3 Å². The second kappa shape index (κ2) is 8.24. The largest absolute Gasteiger partial charge is 0.481 e. The van der Waals surface area contributed by atoms with E-state index in [1.165, 1.54) is 11.3 Å². The van der Waals surface area contributed by atoms with Crippen LogP contribution in [0.3, 0.4) is 0 Å². The Morgan fingerprint density at radius 3 is 2.92 bits per heavy atom. The van der Waals surface area contributed by atoms with Gasteiger partial charge >= 0.3 is 6.03 Å². The summed E-state index contributed by atoms with van der Waals surface area (Å²) in [5.41, 5.74) is 2.33. The second-order valence-corrected chi connectivity index (χ2v) is 6.85. The summed E-state index contributed by atoms with van der Waals surface area (Å²) in [4.78, 5) is 24.9. The van der Waals surface area contributed by atoms with Gasteiger partial charge in [0.25, 0.3) is 0 Å². The summed E-state index contributed by atoms with van der Waals surface area (Å²) in [5, 5.41) is 8.09.